The maximum atomic E-state index is 12.9. The van der Waals surface area contributed by atoms with Crippen LogP contribution in [0.3, 0.4) is 0 Å². The van der Waals surface area contributed by atoms with Crippen molar-refractivity contribution in [3.8, 4) is 0 Å². The molecule has 1 amide bonds. The fourth-order valence-electron chi connectivity index (χ4n) is 3.92. The second-order valence-electron chi connectivity index (χ2n) is 8.94. The Morgan fingerprint density at radius 2 is 1.85 bits per heavy atom. The number of hydrogen-bond acceptors (Lipinski definition) is 4. The Hall–Kier alpha value is -1.85. The van der Waals surface area contributed by atoms with Gasteiger partial charge in [-0.15, -0.1) is 11.3 Å². The summed E-state index contributed by atoms with van der Waals surface area (Å²) in [4.78, 5) is 16.7. The number of amides is 1. The van der Waals surface area contributed by atoms with Gasteiger partial charge in [0.2, 0.25) is 0 Å². The monoisotopic (exact) mass is 383 g/mol. The van der Waals surface area contributed by atoms with Gasteiger partial charge in [-0.1, -0.05) is 45.0 Å². The number of hydrogen-bond donors (Lipinski definition) is 2. The molecule has 0 bridgehead atoms. The molecular weight excluding hydrogens is 354 g/mol. The van der Waals surface area contributed by atoms with E-state index in [0.717, 1.165) is 35.6 Å². The van der Waals surface area contributed by atoms with E-state index in [2.05, 4.69) is 74.4 Å². The molecule has 0 saturated carbocycles. The minimum Gasteiger partial charge on any atom is -0.353 e. The summed E-state index contributed by atoms with van der Waals surface area (Å²) < 4.78 is 0. The highest BCUT2D eigenvalue weighted by Gasteiger charge is 2.33. The van der Waals surface area contributed by atoms with Crippen LogP contribution < -0.4 is 10.6 Å². The van der Waals surface area contributed by atoms with E-state index in [1.807, 2.05) is 0 Å². The first-order chi connectivity index (χ1) is 12.7. The Balaban J connectivity index is 1.60. The lowest BCUT2D eigenvalue weighted by molar-refractivity contribution is 0.0934. The Morgan fingerprint density at radius 1 is 1.15 bits per heavy atom. The van der Waals surface area contributed by atoms with Crippen LogP contribution in [0.15, 0.2) is 24.3 Å². The first-order valence-corrected chi connectivity index (χ1v) is 10.6. The lowest BCUT2D eigenvalue weighted by Crippen LogP contribution is -2.39. The maximum Gasteiger partial charge on any atom is 0.256 e. The van der Waals surface area contributed by atoms with Crippen molar-refractivity contribution in [1.29, 1.82) is 0 Å². The van der Waals surface area contributed by atoms with E-state index in [-0.39, 0.29) is 17.5 Å². The van der Waals surface area contributed by atoms with Crippen molar-refractivity contribution in [2.24, 2.45) is 0 Å². The largest absolute Gasteiger partial charge is 0.353 e. The van der Waals surface area contributed by atoms with Crippen LogP contribution in [-0.2, 0) is 18.4 Å². The molecule has 5 heteroatoms. The Bertz CT molecular complexity index is 861. The van der Waals surface area contributed by atoms with Gasteiger partial charge in [0.25, 0.3) is 5.91 Å². The standard InChI is InChI=1S/C22H29N3OS/c1-13(2)25-11-10-16-17(12-25)27-21-18(16)20(26)23-19(24-21)14-6-8-15(9-7-14)22(3,4)5/h6-9,13,19,24H,10-12H2,1-5H3,(H,23,26). The zero-order valence-electron chi connectivity index (χ0n) is 16.8. The highest BCUT2D eigenvalue weighted by atomic mass is 32.1. The van der Waals surface area contributed by atoms with Crippen LogP contribution in [0, 0.1) is 0 Å². The number of thiophene rings is 1. The first kappa shape index (κ1) is 18.5. The Morgan fingerprint density at radius 3 is 2.48 bits per heavy atom. The number of nitrogens with zero attached hydrogens (tertiary/aromatic N) is 1. The van der Waals surface area contributed by atoms with Crippen LogP contribution in [0.2, 0.25) is 0 Å². The van der Waals surface area contributed by atoms with Gasteiger partial charge in [0, 0.05) is 24.0 Å². The highest BCUT2D eigenvalue weighted by molar-refractivity contribution is 7.16. The minimum absolute atomic E-state index is 0.0594. The van der Waals surface area contributed by atoms with Crippen molar-refractivity contribution in [3.63, 3.8) is 0 Å². The third-order valence-electron chi connectivity index (χ3n) is 5.70. The molecule has 0 spiro atoms. The lowest BCUT2D eigenvalue weighted by atomic mass is 9.86. The molecule has 0 radical (unpaired) electrons. The predicted molar refractivity (Wildman–Crippen MR) is 113 cm³/mol. The van der Waals surface area contributed by atoms with Gasteiger partial charge < -0.3 is 10.6 Å². The number of rotatable bonds is 2. The molecule has 0 fully saturated rings. The summed E-state index contributed by atoms with van der Waals surface area (Å²) in [6, 6.07) is 9.11. The molecule has 4 nitrogen and oxygen atoms in total. The molecule has 1 aromatic carbocycles. The van der Waals surface area contributed by atoms with E-state index in [0.29, 0.717) is 6.04 Å². The molecule has 2 aliphatic heterocycles. The molecule has 2 aliphatic rings. The number of carbonyl (C=O) groups is 1. The smallest absolute Gasteiger partial charge is 0.256 e. The van der Waals surface area contributed by atoms with Gasteiger partial charge in [-0.3, -0.25) is 9.69 Å². The van der Waals surface area contributed by atoms with Gasteiger partial charge in [-0.2, -0.15) is 0 Å². The van der Waals surface area contributed by atoms with Gasteiger partial charge in [-0.05, 0) is 42.4 Å². The Kier molecular flexibility index (Phi) is 4.55. The second kappa shape index (κ2) is 6.64. The fraction of sp³-hybridized carbons (Fsp3) is 0.500. The van der Waals surface area contributed by atoms with Crippen LogP contribution in [0.25, 0.3) is 0 Å². The Labute approximate surface area is 166 Å². The zero-order valence-corrected chi connectivity index (χ0v) is 17.7. The van der Waals surface area contributed by atoms with E-state index in [4.69, 9.17) is 0 Å². The lowest BCUT2D eigenvalue weighted by Gasteiger charge is -2.31. The van der Waals surface area contributed by atoms with Gasteiger partial charge in [0.05, 0.1) is 5.56 Å². The average Bonchev–Trinajstić information content (AvgIpc) is 2.99. The van der Waals surface area contributed by atoms with Gasteiger partial charge in [0.1, 0.15) is 11.2 Å². The van der Waals surface area contributed by atoms with Crippen molar-refractivity contribution in [3.05, 3.63) is 51.4 Å². The number of nitrogens with one attached hydrogen (secondary N) is 2. The summed E-state index contributed by atoms with van der Waals surface area (Å²) in [7, 11) is 0. The summed E-state index contributed by atoms with van der Waals surface area (Å²) in [5.41, 5.74) is 4.65. The van der Waals surface area contributed by atoms with E-state index in [1.165, 1.54) is 16.0 Å². The molecular formula is C22H29N3OS. The molecule has 0 aliphatic carbocycles. The van der Waals surface area contributed by atoms with Gasteiger partial charge in [0.15, 0.2) is 0 Å². The number of anilines is 1. The van der Waals surface area contributed by atoms with E-state index in [1.54, 1.807) is 11.3 Å². The third kappa shape index (κ3) is 3.39. The molecule has 3 heterocycles. The molecule has 144 valence electrons. The molecule has 1 aromatic heterocycles. The molecule has 2 aromatic rings. The third-order valence-corrected chi connectivity index (χ3v) is 6.85. The predicted octanol–water partition coefficient (Wildman–Crippen LogP) is 4.67. The van der Waals surface area contributed by atoms with Crippen LogP contribution >= 0.6 is 11.3 Å². The molecule has 2 N–H and O–H groups in total. The number of fused-ring (bicyclic) bond motifs is 3. The number of carbonyl (C=O) groups excluding carboxylic acids is 1. The molecule has 27 heavy (non-hydrogen) atoms. The first-order valence-electron chi connectivity index (χ1n) is 9.80. The van der Waals surface area contributed by atoms with Crippen LogP contribution in [-0.4, -0.2) is 23.4 Å². The zero-order chi connectivity index (χ0) is 19.3. The topological polar surface area (TPSA) is 44.4 Å². The summed E-state index contributed by atoms with van der Waals surface area (Å²) in [5, 5.41) is 7.76. The SMILES string of the molecule is CC(C)N1CCc2c(sc3c2C(=O)NC(c2ccc(C(C)(C)C)cc2)N3)C1. The summed E-state index contributed by atoms with van der Waals surface area (Å²) in [6.45, 7) is 13.1. The van der Waals surface area contributed by atoms with E-state index in [9.17, 15) is 4.79 Å². The summed E-state index contributed by atoms with van der Waals surface area (Å²) >= 11 is 1.75. The fourth-order valence-corrected chi connectivity index (χ4v) is 5.22. The van der Waals surface area contributed by atoms with Crippen LogP contribution in [0.4, 0.5) is 5.00 Å². The summed E-state index contributed by atoms with van der Waals surface area (Å²) in [5.74, 6) is 0.0594. The quantitative estimate of drug-likeness (QED) is 0.792. The molecule has 0 saturated heterocycles. The van der Waals surface area contributed by atoms with Crippen molar-refractivity contribution in [1.82, 2.24) is 10.2 Å². The minimum atomic E-state index is -0.166. The van der Waals surface area contributed by atoms with Crippen molar-refractivity contribution in [2.75, 3.05) is 11.9 Å². The van der Waals surface area contributed by atoms with Crippen LogP contribution in [0.1, 0.15) is 72.7 Å². The molecule has 1 unspecified atom stereocenters. The van der Waals surface area contributed by atoms with Crippen molar-refractivity contribution < 1.29 is 4.79 Å². The van der Waals surface area contributed by atoms with Crippen LogP contribution in [0.5, 0.6) is 0 Å². The average molecular weight is 384 g/mol. The molecule has 1 atom stereocenters. The summed E-state index contributed by atoms with van der Waals surface area (Å²) in [6.07, 6.45) is 0.791. The van der Waals surface area contributed by atoms with E-state index >= 15 is 0 Å². The normalized spacial score (nSPS) is 20.1. The second-order valence-corrected chi connectivity index (χ2v) is 10.1. The van der Waals surface area contributed by atoms with E-state index < -0.39 is 0 Å². The van der Waals surface area contributed by atoms with Gasteiger partial charge >= 0.3 is 0 Å². The number of benzene rings is 1. The van der Waals surface area contributed by atoms with Crippen molar-refractivity contribution in [2.45, 2.75) is 65.2 Å². The van der Waals surface area contributed by atoms with Gasteiger partial charge in [-0.25, -0.2) is 0 Å². The molecule has 4 rings (SSSR count). The maximum absolute atomic E-state index is 12.9. The van der Waals surface area contributed by atoms with Crippen molar-refractivity contribution >= 4 is 22.2 Å². The highest BCUT2D eigenvalue weighted by Crippen LogP contribution is 2.41.